The zero-order chi connectivity index (χ0) is 6.04. The summed E-state index contributed by atoms with van der Waals surface area (Å²) in [5.41, 5.74) is 0. The molecule has 0 spiro atoms. The molecule has 0 unspecified atom stereocenters. The normalized spacial score (nSPS) is 27.8. The molecule has 0 atom stereocenters. The van der Waals surface area contributed by atoms with Gasteiger partial charge < -0.3 is 0 Å². The van der Waals surface area contributed by atoms with Crippen LogP contribution >= 0.6 is 28.2 Å². The zero-order valence-corrected chi connectivity index (χ0v) is 9.07. The summed E-state index contributed by atoms with van der Waals surface area (Å²) >= 11 is 7.18. The average molecular weight is 305 g/mol. The third-order valence-corrected chi connectivity index (χ3v) is 7.64. The van der Waals surface area contributed by atoms with Crippen LogP contribution < -0.4 is 0 Å². The van der Waals surface area contributed by atoms with Crippen LogP contribution in [0.3, 0.4) is 0 Å². The van der Waals surface area contributed by atoms with Gasteiger partial charge in [0.25, 0.3) is 0 Å². The molecule has 0 bridgehead atoms. The van der Waals surface area contributed by atoms with Crippen LogP contribution in [0.4, 0.5) is 0 Å². The molecule has 3 heteroatoms. The van der Waals surface area contributed by atoms with Gasteiger partial charge in [-0.2, -0.15) is 0 Å². The van der Waals surface area contributed by atoms with Crippen molar-refractivity contribution in [1.82, 2.24) is 0 Å². The van der Waals surface area contributed by atoms with Crippen molar-refractivity contribution in [2.24, 2.45) is 0 Å². The molecular weight excluding hydrogens is 299 g/mol. The van der Waals surface area contributed by atoms with Crippen LogP contribution in [-0.2, 0) is 0 Å². The molecule has 0 fully saturated rings. The van der Waals surface area contributed by atoms with Crippen LogP contribution in [0.1, 0.15) is 6.42 Å². The molecule has 0 N–H and O–H groups in total. The molecule has 0 amide bonds. The third kappa shape index (κ3) is 2.06. The van der Waals surface area contributed by atoms with Crippen molar-refractivity contribution in [1.29, 1.82) is 0 Å². The van der Waals surface area contributed by atoms with E-state index in [0.717, 1.165) is 6.42 Å². The summed E-state index contributed by atoms with van der Waals surface area (Å²) in [5.74, 6) is 0. The van der Waals surface area contributed by atoms with E-state index < -0.39 is 9.23 Å². The van der Waals surface area contributed by atoms with E-state index in [1.165, 1.54) is 0 Å². The summed E-state index contributed by atoms with van der Waals surface area (Å²) < 4.78 is 0. The zero-order valence-electron chi connectivity index (χ0n) is 4.18. The number of hydrogen-bond donors (Lipinski definition) is 0. The molecule has 0 saturated heterocycles. The molecule has 46 valence electrons. The van der Waals surface area contributed by atoms with Gasteiger partial charge in [-0.3, -0.25) is 0 Å². The first-order valence-corrected chi connectivity index (χ1v) is 12.3. The second-order valence-electron chi connectivity index (χ2n) is 1.53. The molecule has 0 nitrogen and oxygen atoms in total. The van der Waals surface area contributed by atoms with Crippen molar-refractivity contribution in [2.75, 3.05) is 0 Å². The van der Waals surface area contributed by atoms with Gasteiger partial charge in [0.05, 0.1) is 0 Å². The molecule has 0 aliphatic carbocycles. The molecule has 1 rings (SSSR count). The van der Waals surface area contributed by atoms with Crippen LogP contribution in [0.2, 0.25) is 0 Å². The number of allylic oxidation sites excluding steroid dienone is 2. The van der Waals surface area contributed by atoms with Crippen molar-refractivity contribution in [2.45, 2.75) is 6.42 Å². The Bertz CT molecular complexity index is 123. The summed E-state index contributed by atoms with van der Waals surface area (Å²) in [6, 6.07) is 0. The summed E-state index contributed by atoms with van der Waals surface area (Å²) in [5, 5.41) is 0. The second kappa shape index (κ2) is 2.70. The van der Waals surface area contributed by atoms with Gasteiger partial charge in [0.1, 0.15) is 0 Å². The molecule has 1 aliphatic heterocycles. The van der Waals surface area contributed by atoms with Gasteiger partial charge in [0.2, 0.25) is 0 Å². The van der Waals surface area contributed by atoms with Crippen molar-refractivity contribution in [3.8, 4) is 0 Å². The summed E-state index contributed by atoms with van der Waals surface area (Å²) in [7, 11) is -1.49. The molecule has 1 aliphatic rings. The maximum atomic E-state index is 3.59. The van der Waals surface area contributed by atoms with Gasteiger partial charge >= 0.3 is 66.0 Å². The van der Waals surface area contributed by atoms with Gasteiger partial charge in [0.15, 0.2) is 0 Å². The molecule has 1 heterocycles. The first-order valence-electron chi connectivity index (χ1n) is 2.26. The first-order chi connectivity index (χ1) is 3.71. The van der Waals surface area contributed by atoms with E-state index in [-0.39, 0.29) is 0 Å². The average Bonchev–Trinajstić information content (AvgIpc) is 1.65. The van der Waals surface area contributed by atoms with Gasteiger partial charge in [-0.25, -0.2) is 0 Å². The van der Waals surface area contributed by atoms with Crippen molar-refractivity contribution in [3.05, 3.63) is 22.1 Å². The van der Waals surface area contributed by atoms with Crippen molar-refractivity contribution >= 4 is 37.4 Å². The second-order valence-corrected chi connectivity index (χ2v) is 20.6. The Hall–Kier alpha value is 0.959. The van der Waals surface area contributed by atoms with E-state index in [2.05, 4.69) is 50.3 Å². The first kappa shape index (κ1) is 7.07. The Kier molecular flexibility index (Phi) is 2.38. The fourth-order valence-electron chi connectivity index (χ4n) is 0.492. The van der Waals surface area contributed by atoms with E-state index >= 15 is 0 Å². The predicted octanol–water partition coefficient (Wildman–Crippen LogP) is 2.81. The molecule has 0 aromatic rings. The van der Waals surface area contributed by atoms with E-state index in [1.54, 1.807) is 0 Å². The fraction of sp³-hybridized carbons (Fsp3) is 0.200. The Labute approximate surface area is 65.6 Å². The molecule has 8 heavy (non-hydrogen) atoms. The molecule has 0 aromatic carbocycles. The molecule has 0 saturated carbocycles. The monoisotopic (exact) mass is 304 g/mol. The van der Waals surface area contributed by atoms with Crippen LogP contribution in [0.5, 0.6) is 0 Å². The summed E-state index contributed by atoms with van der Waals surface area (Å²) in [6.07, 6.45) is 5.46. The van der Waals surface area contributed by atoms with Crippen LogP contribution in [0, 0.1) is 0 Å². The quantitative estimate of drug-likeness (QED) is 0.604. The van der Waals surface area contributed by atoms with Gasteiger partial charge in [0, 0.05) is 0 Å². The third-order valence-electron chi connectivity index (χ3n) is 0.827. The van der Waals surface area contributed by atoms with Crippen molar-refractivity contribution < 1.29 is 0 Å². The summed E-state index contributed by atoms with van der Waals surface area (Å²) in [4.78, 5) is 4.47. The van der Waals surface area contributed by atoms with Crippen LogP contribution in [0.15, 0.2) is 22.1 Å². The Morgan fingerprint density at radius 3 is 1.88 bits per heavy atom. The van der Waals surface area contributed by atoms with E-state index in [4.69, 9.17) is 0 Å². The number of halogens is 2. The minimum atomic E-state index is -1.49. The topological polar surface area (TPSA) is 0 Å². The SMILES string of the molecule is Br[Se]1(Br)C=CCC=C1. The van der Waals surface area contributed by atoms with E-state index in [9.17, 15) is 0 Å². The Balaban J connectivity index is 2.69. The molecular formula is C5H6Br2Se. The minimum absolute atomic E-state index is 1.09. The maximum absolute atomic E-state index is 3.59. The fourth-order valence-corrected chi connectivity index (χ4v) is 5.40. The van der Waals surface area contributed by atoms with Crippen molar-refractivity contribution in [3.63, 3.8) is 0 Å². The van der Waals surface area contributed by atoms with Gasteiger partial charge in [-0.1, -0.05) is 0 Å². The van der Waals surface area contributed by atoms with Gasteiger partial charge in [-0.15, -0.1) is 0 Å². The van der Waals surface area contributed by atoms with Gasteiger partial charge in [-0.05, 0) is 0 Å². The molecule has 0 aromatic heterocycles. The Morgan fingerprint density at radius 1 is 1.12 bits per heavy atom. The van der Waals surface area contributed by atoms with E-state index in [0.29, 0.717) is 0 Å². The van der Waals surface area contributed by atoms with Crippen LogP contribution in [0.25, 0.3) is 0 Å². The van der Waals surface area contributed by atoms with E-state index in [1.807, 2.05) is 0 Å². The molecule has 0 radical (unpaired) electrons. The Morgan fingerprint density at radius 2 is 1.62 bits per heavy atom. The number of rotatable bonds is 0. The number of hydrogen-bond acceptors (Lipinski definition) is 0. The standard InChI is InChI=1S/C5H6Br2Se/c6-8(7)4-2-1-3-5-8/h2-5H,1H2. The summed E-state index contributed by atoms with van der Waals surface area (Å²) in [6.45, 7) is 0. The predicted molar refractivity (Wildman–Crippen MR) is 46.5 cm³/mol. The van der Waals surface area contributed by atoms with Crippen LogP contribution in [-0.4, -0.2) is 9.23 Å².